The molecule has 0 unspecified atom stereocenters. The first-order chi connectivity index (χ1) is 18.1. The number of hydrogen-bond acceptors (Lipinski definition) is 4. The van der Waals surface area contributed by atoms with Crippen LogP contribution in [0.1, 0.15) is 35.2 Å². The van der Waals surface area contributed by atoms with Crippen LogP contribution in [-0.2, 0) is 6.54 Å². The van der Waals surface area contributed by atoms with Gasteiger partial charge in [0.1, 0.15) is 0 Å². The fourth-order valence-electron chi connectivity index (χ4n) is 4.77. The third kappa shape index (κ3) is 6.24. The molecule has 1 amide bonds. The van der Waals surface area contributed by atoms with E-state index in [1.807, 2.05) is 48.7 Å². The molecule has 1 aliphatic heterocycles. The number of nitrogens with zero attached hydrogens (tertiary/aromatic N) is 2. The Labute approximate surface area is 228 Å². The molecule has 1 N–H and O–H groups in total. The van der Waals surface area contributed by atoms with Gasteiger partial charge in [-0.25, -0.2) is 0 Å². The van der Waals surface area contributed by atoms with Crippen LogP contribution in [0.25, 0.3) is 22.4 Å². The van der Waals surface area contributed by atoms with Crippen LogP contribution >= 0.6 is 23.4 Å². The number of rotatable bonds is 7. The molecule has 0 spiro atoms. The van der Waals surface area contributed by atoms with Crippen molar-refractivity contribution >= 4 is 35.0 Å². The summed E-state index contributed by atoms with van der Waals surface area (Å²) < 4.78 is 0. The maximum atomic E-state index is 13.5. The highest BCUT2D eigenvalue weighted by Crippen LogP contribution is 2.32. The highest BCUT2D eigenvalue weighted by atomic mass is 35.5. The minimum atomic E-state index is -0.158. The summed E-state index contributed by atoms with van der Waals surface area (Å²) in [6, 6.07) is 25.8. The van der Waals surface area contributed by atoms with Crippen molar-refractivity contribution in [3.8, 4) is 22.4 Å². The van der Waals surface area contributed by atoms with Crippen LogP contribution in [0.3, 0.4) is 0 Å². The molecule has 0 aliphatic carbocycles. The number of carbonyl (C=O) groups excluding carboxylic acids is 1. The van der Waals surface area contributed by atoms with Gasteiger partial charge in [-0.3, -0.25) is 14.7 Å². The molecule has 188 valence electrons. The van der Waals surface area contributed by atoms with Crippen molar-refractivity contribution in [2.45, 2.75) is 30.7 Å². The van der Waals surface area contributed by atoms with E-state index in [-0.39, 0.29) is 5.91 Å². The number of benzene rings is 3. The van der Waals surface area contributed by atoms with E-state index in [4.69, 9.17) is 11.6 Å². The Morgan fingerprint density at radius 1 is 0.946 bits per heavy atom. The second kappa shape index (κ2) is 12.0. The number of carbonyl (C=O) groups is 1. The van der Waals surface area contributed by atoms with Gasteiger partial charge >= 0.3 is 0 Å². The van der Waals surface area contributed by atoms with Gasteiger partial charge in [0.05, 0.1) is 10.7 Å². The van der Waals surface area contributed by atoms with Crippen LogP contribution in [0.2, 0.25) is 5.02 Å². The highest BCUT2D eigenvalue weighted by Gasteiger charge is 2.16. The molecule has 3 aromatic carbocycles. The summed E-state index contributed by atoms with van der Waals surface area (Å²) in [6.07, 6.45) is 7.69. The highest BCUT2D eigenvalue weighted by molar-refractivity contribution is 7.98. The average Bonchev–Trinajstić information content (AvgIpc) is 2.95. The third-order valence-corrected chi connectivity index (χ3v) is 7.81. The van der Waals surface area contributed by atoms with Gasteiger partial charge in [0.15, 0.2) is 0 Å². The van der Waals surface area contributed by atoms with Gasteiger partial charge in [0.2, 0.25) is 0 Å². The molecule has 2 heterocycles. The van der Waals surface area contributed by atoms with Gasteiger partial charge in [-0.15, -0.1) is 11.8 Å². The third-order valence-electron chi connectivity index (χ3n) is 6.76. The van der Waals surface area contributed by atoms with E-state index in [2.05, 4.69) is 45.5 Å². The molecule has 4 nitrogen and oxygen atoms in total. The molecule has 37 heavy (non-hydrogen) atoms. The standard InChI is InChI=1S/C31H30ClN3OS/c1-37-25-13-14-26(27(20-25)23-10-8-22(9-11-23)21-35-17-5-2-6-18-35)31(36)34-24-12-15-29(32)28(19-24)30-7-3-4-16-33-30/h3-4,7-16,19-20H,2,5-6,17-18,21H2,1H3,(H,34,36). The Morgan fingerprint density at radius 2 is 1.76 bits per heavy atom. The Morgan fingerprint density at radius 3 is 2.49 bits per heavy atom. The lowest BCUT2D eigenvalue weighted by atomic mass is 9.97. The number of aromatic nitrogens is 1. The van der Waals surface area contributed by atoms with Gasteiger partial charge in [-0.1, -0.05) is 48.4 Å². The second-order valence-corrected chi connectivity index (χ2v) is 10.6. The first-order valence-electron chi connectivity index (χ1n) is 12.6. The Bertz CT molecular complexity index is 1370. The summed E-state index contributed by atoms with van der Waals surface area (Å²) in [5, 5.41) is 3.66. The molecule has 1 aliphatic rings. The van der Waals surface area contributed by atoms with Crippen LogP contribution in [0.4, 0.5) is 5.69 Å². The number of pyridine rings is 1. The zero-order valence-corrected chi connectivity index (χ0v) is 22.5. The number of piperidine rings is 1. The summed E-state index contributed by atoms with van der Waals surface area (Å²) in [5.74, 6) is -0.158. The predicted octanol–water partition coefficient (Wildman–Crippen LogP) is 8.03. The maximum Gasteiger partial charge on any atom is 0.256 e. The smallest absolute Gasteiger partial charge is 0.256 e. The van der Waals surface area contributed by atoms with E-state index in [0.717, 1.165) is 33.8 Å². The quantitative estimate of drug-likeness (QED) is 0.247. The van der Waals surface area contributed by atoms with Crippen molar-refractivity contribution in [3.63, 3.8) is 0 Å². The Hall–Kier alpha value is -3.12. The van der Waals surface area contributed by atoms with Crippen molar-refractivity contribution in [2.75, 3.05) is 24.7 Å². The van der Waals surface area contributed by atoms with E-state index in [0.29, 0.717) is 16.3 Å². The molecule has 0 radical (unpaired) electrons. The summed E-state index contributed by atoms with van der Waals surface area (Å²) in [7, 11) is 0. The van der Waals surface area contributed by atoms with Gasteiger partial charge in [-0.05, 0) is 97.4 Å². The first-order valence-corrected chi connectivity index (χ1v) is 14.2. The first kappa shape index (κ1) is 25.5. The molecule has 5 rings (SSSR count). The summed E-state index contributed by atoms with van der Waals surface area (Å²) >= 11 is 8.11. The Kier molecular flexibility index (Phi) is 8.24. The number of nitrogens with one attached hydrogen (secondary N) is 1. The summed E-state index contributed by atoms with van der Waals surface area (Å²) in [4.78, 5) is 21.5. The molecule has 0 bridgehead atoms. The van der Waals surface area contributed by atoms with Crippen molar-refractivity contribution in [1.82, 2.24) is 9.88 Å². The number of anilines is 1. The van der Waals surface area contributed by atoms with E-state index in [1.165, 1.54) is 37.9 Å². The van der Waals surface area contributed by atoms with E-state index in [9.17, 15) is 4.79 Å². The normalized spacial score (nSPS) is 13.9. The van der Waals surface area contributed by atoms with Crippen LogP contribution in [0.5, 0.6) is 0 Å². The zero-order valence-electron chi connectivity index (χ0n) is 20.9. The van der Waals surface area contributed by atoms with E-state index >= 15 is 0 Å². The topological polar surface area (TPSA) is 45.2 Å². The predicted molar refractivity (Wildman–Crippen MR) is 155 cm³/mol. The molecule has 1 saturated heterocycles. The van der Waals surface area contributed by atoms with Crippen molar-refractivity contribution in [1.29, 1.82) is 0 Å². The monoisotopic (exact) mass is 527 g/mol. The molecular formula is C31H30ClN3OS. The molecule has 6 heteroatoms. The maximum absolute atomic E-state index is 13.5. The largest absolute Gasteiger partial charge is 0.322 e. The summed E-state index contributed by atoms with van der Waals surface area (Å²) in [5.41, 5.74) is 6.12. The van der Waals surface area contributed by atoms with Crippen molar-refractivity contribution in [3.05, 3.63) is 101 Å². The van der Waals surface area contributed by atoms with Gasteiger partial charge in [-0.2, -0.15) is 0 Å². The number of halogens is 1. The van der Waals surface area contributed by atoms with Crippen LogP contribution in [0, 0.1) is 0 Å². The minimum absolute atomic E-state index is 0.158. The lowest BCUT2D eigenvalue weighted by Gasteiger charge is -2.26. The number of likely N-dealkylation sites (tertiary alicyclic amines) is 1. The van der Waals surface area contributed by atoms with Gasteiger partial charge < -0.3 is 5.32 Å². The molecule has 1 fully saturated rings. The molecule has 0 saturated carbocycles. The van der Waals surface area contributed by atoms with Crippen LogP contribution in [0.15, 0.2) is 90.0 Å². The van der Waals surface area contributed by atoms with Crippen molar-refractivity contribution in [2.24, 2.45) is 0 Å². The van der Waals surface area contributed by atoms with E-state index < -0.39 is 0 Å². The van der Waals surface area contributed by atoms with Crippen LogP contribution < -0.4 is 5.32 Å². The van der Waals surface area contributed by atoms with E-state index in [1.54, 1.807) is 24.0 Å². The lowest BCUT2D eigenvalue weighted by Crippen LogP contribution is -2.29. The Balaban J connectivity index is 1.40. The fourth-order valence-corrected chi connectivity index (χ4v) is 5.43. The summed E-state index contributed by atoms with van der Waals surface area (Å²) in [6.45, 7) is 3.33. The lowest BCUT2D eigenvalue weighted by molar-refractivity contribution is 0.102. The SMILES string of the molecule is CSc1ccc(C(=O)Nc2ccc(Cl)c(-c3ccccn3)c2)c(-c2ccc(CN3CCCCC3)cc2)c1. The van der Waals surface area contributed by atoms with Gasteiger partial charge in [0.25, 0.3) is 5.91 Å². The fraction of sp³-hybridized carbons (Fsp3) is 0.226. The second-order valence-electron chi connectivity index (χ2n) is 9.31. The molecule has 1 aromatic heterocycles. The number of amides is 1. The average molecular weight is 528 g/mol. The molecule has 0 atom stereocenters. The molecule has 4 aromatic rings. The molecular weight excluding hydrogens is 498 g/mol. The van der Waals surface area contributed by atoms with Gasteiger partial charge in [0, 0.05) is 34.5 Å². The number of hydrogen-bond donors (Lipinski definition) is 1. The number of thioether (sulfide) groups is 1. The van der Waals surface area contributed by atoms with Crippen LogP contribution in [-0.4, -0.2) is 35.1 Å². The minimum Gasteiger partial charge on any atom is -0.322 e. The zero-order chi connectivity index (χ0) is 25.6. The van der Waals surface area contributed by atoms with Crippen molar-refractivity contribution < 1.29 is 4.79 Å².